The van der Waals surface area contributed by atoms with Crippen LogP contribution in [0, 0.1) is 17.1 Å². The number of hydrogen-bond donors (Lipinski definition) is 0. The van der Waals surface area contributed by atoms with Gasteiger partial charge >= 0.3 is 0 Å². The number of benzene rings is 2. The van der Waals surface area contributed by atoms with Crippen LogP contribution >= 0.6 is 0 Å². The maximum Gasteiger partial charge on any atom is 0.127 e. The third kappa shape index (κ3) is 4.58. The van der Waals surface area contributed by atoms with Gasteiger partial charge in [0.1, 0.15) is 5.82 Å². The van der Waals surface area contributed by atoms with Crippen molar-refractivity contribution in [2.24, 2.45) is 0 Å². The van der Waals surface area contributed by atoms with E-state index in [1.807, 2.05) is 7.05 Å². The van der Waals surface area contributed by atoms with Crippen molar-refractivity contribution in [3.05, 3.63) is 65.0 Å². The molecular formula is C21H24FN3. The minimum absolute atomic E-state index is 0.258. The molecule has 0 saturated carbocycles. The Morgan fingerprint density at radius 3 is 2.44 bits per heavy atom. The van der Waals surface area contributed by atoms with Crippen LogP contribution in [-0.2, 0) is 13.1 Å². The van der Waals surface area contributed by atoms with E-state index in [4.69, 9.17) is 5.26 Å². The fraction of sp³-hybridized carbons (Fsp3) is 0.381. The standard InChI is InChI=1S/C21H24FN3/c1-24(16-19-13-18(14-23)7-10-21(19)22)15-17-5-8-20(9-6-17)25-11-3-2-4-12-25/h5-10,13H,2-4,11-12,15-16H2,1H3. The molecule has 0 amide bonds. The molecule has 1 aliphatic rings. The predicted molar refractivity (Wildman–Crippen MR) is 98.8 cm³/mol. The number of hydrogen-bond acceptors (Lipinski definition) is 3. The Kier molecular flexibility index (Phi) is 5.67. The Hall–Kier alpha value is -2.38. The van der Waals surface area contributed by atoms with Gasteiger partial charge in [-0.3, -0.25) is 4.90 Å². The van der Waals surface area contributed by atoms with Crippen LogP contribution in [0.1, 0.15) is 36.0 Å². The van der Waals surface area contributed by atoms with Crippen LogP contribution in [0.3, 0.4) is 0 Å². The highest BCUT2D eigenvalue weighted by molar-refractivity contribution is 5.47. The van der Waals surface area contributed by atoms with Crippen molar-refractivity contribution in [1.29, 1.82) is 5.26 Å². The molecule has 0 N–H and O–H groups in total. The zero-order valence-electron chi connectivity index (χ0n) is 14.7. The Morgan fingerprint density at radius 2 is 1.76 bits per heavy atom. The van der Waals surface area contributed by atoms with E-state index >= 15 is 0 Å². The smallest absolute Gasteiger partial charge is 0.127 e. The molecule has 130 valence electrons. The summed E-state index contributed by atoms with van der Waals surface area (Å²) in [5.74, 6) is -0.258. The first-order chi connectivity index (χ1) is 12.2. The number of rotatable bonds is 5. The molecule has 0 atom stereocenters. The summed E-state index contributed by atoms with van der Waals surface area (Å²) < 4.78 is 13.9. The van der Waals surface area contributed by atoms with Gasteiger partial charge in [0, 0.05) is 37.4 Å². The fourth-order valence-electron chi connectivity index (χ4n) is 3.39. The number of nitrogens with zero attached hydrogens (tertiary/aromatic N) is 3. The average molecular weight is 337 g/mol. The van der Waals surface area contributed by atoms with Crippen molar-refractivity contribution in [3.63, 3.8) is 0 Å². The third-order valence-corrected chi connectivity index (χ3v) is 4.73. The Balaban J connectivity index is 1.61. The normalized spacial score (nSPS) is 14.6. The monoisotopic (exact) mass is 337 g/mol. The lowest BCUT2D eigenvalue weighted by Gasteiger charge is -2.29. The van der Waals surface area contributed by atoms with Crippen LogP contribution in [0.2, 0.25) is 0 Å². The van der Waals surface area contributed by atoms with E-state index in [-0.39, 0.29) is 5.82 Å². The quantitative estimate of drug-likeness (QED) is 0.814. The topological polar surface area (TPSA) is 30.3 Å². The first-order valence-electron chi connectivity index (χ1n) is 8.86. The van der Waals surface area contributed by atoms with Gasteiger partial charge in [0.05, 0.1) is 11.6 Å². The van der Waals surface area contributed by atoms with Crippen molar-refractivity contribution >= 4 is 5.69 Å². The van der Waals surface area contributed by atoms with Crippen LogP contribution < -0.4 is 4.90 Å². The number of piperidine rings is 1. The third-order valence-electron chi connectivity index (χ3n) is 4.73. The second kappa shape index (κ2) is 8.13. The van der Waals surface area contributed by atoms with Crippen molar-refractivity contribution < 1.29 is 4.39 Å². The first kappa shape index (κ1) is 17.4. The van der Waals surface area contributed by atoms with Crippen LogP contribution in [0.15, 0.2) is 42.5 Å². The first-order valence-corrected chi connectivity index (χ1v) is 8.86. The molecule has 0 unspecified atom stereocenters. The lowest BCUT2D eigenvalue weighted by molar-refractivity contribution is 0.313. The highest BCUT2D eigenvalue weighted by Gasteiger charge is 2.11. The zero-order chi connectivity index (χ0) is 17.6. The van der Waals surface area contributed by atoms with Gasteiger partial charge < -0.3 is 4.90 Å². The van der Waals surface area contributed by atoms with Gasteiger partial charge in [0.2, 0.25) is 0 Å². The molecule has 25 heavy (non-hydrogen) atoms. The molecule has 0 bridgehead atoms. The Morgan fingerprint density at radius 1 is 1.04 bits per heavy atom. The molecule has 0 aromatic heterocycles. The van der Waals surface area contributed by atoms with Gasteiger partial charge in [-0.1, -0.05) is 12.1 Å². The van der Waals surface area contributed by atoms with Crippen molar-refractivity contribution in [2.45, 2.75) is 32.4 Å². The Bertz CT molecular complexity index is 743. The second-order valence-corrected chi connectivity index (χ2v) is 6.80. The van der Waals surface area contributed by atoms with E-state index in [0.29, 0.717) is 17.7 Å². The average Bonchev–Trinajstić information content (AvgIpc) is 2.65. The summed E-state index contributed by atoms with van der Waals surface area (Å²) in [5, 5.41) is 8.97. The van der Waals surface area contributed by atoms with Gasteiger partial charge in [-0.05, 0) is 62.2 Å². The summed E-state index contributed by atoms with van der Waals surface area (Å²) in [6.07, 6.45) is 3.89. The molecule has 1 saturated heterocycles. The van der Waals surface area contributed by atoms with E-state index < -0.39 is 0 Å². The summed E-state index contributed by atoms with van der Waals surface area (Å²) in [6, 6.07) is 15.3. The minimum Gasteiger partial charge on any atom is -0.372 e. The van der Waals surface area contributed by atoms with Gasteiger partial charge in [-0.2, -0.15) is 5.26 Å². The van der Waals surface area contributed by atoms with Crippen LogP contribution in [0.4, 0.5) is 10.1 Å². The summed E-state index contributed by atoms with van der Waals surface area (Å²) in [6.45, 7) is 3.52. The maximum absolute atomic E-state index is 13.9. The summed E-state index contributed by atoms with van der Waals surface area (Å²) in [4.78, 5) is 4.51. The summed E-state index contributed by atoms with van der Waals surface area (Å²) in [5.41, 5.74) is 3.56. The van der Waals surface area contributed by atoms with E-state index in [1.54, 1.807) is 6.07 Å². The fourth-order valence-corrected chi connectivity index (χ4v) is 3.39. The molecule has 2 aromatic carbocycles. The van der Waals surface area contributed by atoms with Gasteiger partial charge in [-0.15, -0.1) is 0 Å². The molecule has 0 radical (unpaired) electrons. The van der Waals surface area contributed by atoms with Gasteiger partial charge in [0.25, 0.3) is 0 Å². The summed E-state index contributed by atoms with van der Waals surface area (Å²) >= 11 is 0. The highest BCUT2D eigenvalue weighted by Crippen LogP contribution is 2.21. The molecule has 3 rings (SSSR count). The SMILES string of the molecule is CN(Cc1ccc(N2CCCCC2)cc1)Cc1cc(C#N)ccc1F. The summed E-state index contributed by atoms with van der Waals surface area (Å²) in [7, 11) is 1.97. The lowest BCUT2D eigenvalue weighted by atomic mass is 10.1. The van der Waals surface area contributed by atoms with Gasteiger partial charge in [0.15, 0.2) is 0 Å². The number of anilines is 1. The molecular weight excluding hydrogens is 313 g/mol. The molecule has 1 fully saturated rings. The van der Waals surface area contributed by atoms with Crippen LogP contribution in [0.25, 0.3) is 0 Å². The molecule has 0 spiro atoms. The van der Waals surface area contributed by atoms with Crippen LogP contribution in [-0.4, -0.2) is 25.0 Å². The maximum atomic E-state index is 13.9. The van der Waals surface area contributed by atoms with E-state index in [0.717, 1.165) is 19.6 Å². The Labute approximate surface area is 149 Å². The lowest BCUT2D eigenvalue weighted by Crippen LogP contribution is -2.29. The number of nitriles is 1. The van der Waals surface area contributed by atoms with Crippen molar-refractivity contribution in [3.8, 4) is 6.07 Å². The molecule has 1 aliphatic heterocycles. The molecule has 3 nitrogen and oxygen atoms in total. The predicted octanol–water partition coefficient (Wildman–Crippen LogP) is 4.32. The van der Waals surface area contributed by atoms with Crippen LogP contribution in [0.5, 0.6) is 0 Å². The second-order valence-electron chi connectivity index (χ2n) is 6.80. The van der Waals surface area contributed by atoms with E-state index in [9.17, 15) is 4.39 Å². The molecule has 4 heteroatoms. The van der Waals surface area contributed by atoms with E-state index in [1.165, 1.54) is 42.6 Å². The largest absolute Gasteiger partial charge is 0.372 e. The van der Waals surface area contributed by atoms with E-state index in [2.05, 4.69) is 40.1 Å². The van der Waals surface area contributed by atoms with Gasteiger partial charge in [-0.25, -0.2) is 4.39 Å². The molecule has 2 aromatic rings. The molecule has 0 aliphatic carbocycles. The molecule has 1 heterocycles. The highest BCUT2D eigenvalue weighted by atomic mass is 19.1. The zero-order valence-corrected chi connectivity index (χ0v) is 14.7. The van der Waals surface area contributed by atoms with Crippen molar-refractivity contribution in [2.75, 3.05) is 25.0 Å². The minimum atomic E-state index is -0.258. The number of halogens is 1. The van der Waals surface area contributed by atoms with Crippen molar-refractivity contribution in [1.82, 2.24) is 4.90 Å².